The Labute approximate surface area is 87.4 Å². The zero-order chi connectivity index (χ0) is 10.5. The first kappa shape index (κ1) is 8.85. The van der Waals surface area contributed by atoms with Crippen molar-refractivity contribution in [2.75, 3.05) is 13.1 Å². The van der Waals surface area contributed by atoms with Crippen LogP contribution in [0.15, 0.2) is 24.3 Å². The summed E-state index contributed by atoms with van der Waals surface area (Å²) in [6, 6.07) is 7.03. The highest BCUT2D eigenvalue weighted by atomic mass is 16.6. The maximum atomic E-state index is 10.5. The van der Waals surface area contributed by atoms with Crippen molar-refractivity contribution in [3.8, 4) is 0 Å². The van der Waals surface area contributed by atoms with Crippen molar-refractivity contribution in [2.45, 2.75) is 11.8 Å². The van der Waals surface area contributed by atoms with E-state index in [9.17, 15) is 10.1 Å². The largest absolute Gasteiger partial charge is 0.316 e. The number of piperidine rings is 1. The molecule has 0 aromatic heterocycles. The standard InChI is InChI=1S/C11H12N2O2/c14-13(15)10-3-1-8(2-4-10)11-5-9(11)6-12-7-11/h1-4,9,12H,5-7H2/t9-,11-/m0/s1. The Morgan fingerprint density at radius 2 is 2.13 bits per heavy atom. The maximum absolute atomic E-state index is 10.5. The summed E-state index contributed by atoms with van der Waals surface area (Å²) in [7, 11) is 0. The van der Waals surface area contributed by atoms with E-state index in [0.29, 0.717) is 5.41 Å². The summed E-state index contributed by atoms with van der Waals surface area (Å²) in [4.78, 5) is 10.2. The molecule has 78 valence electrons. The van der Waals surface area contributed by atoms with E-state index in [4.69, 9.17) is 0 Å². The zero-order valence-corrected chi connectivity index (χ0v) is 8.27. The fourth-order valence-corrected chi connectivity index (χ4v) is 2.70. The summed E-state index contributed by atoms with van der Waals surface area (Å²) in [5.41, 5.74) is 1.73. The minimum atomic E-state index is -0.348. The lowest BCUT2D eigenvalue weighted by Gasteiger charge is -2.11. The Balaban J connectivity index is 1.91. The number of hydrogen-bond acceptors (Lipinski definition) is 3. The summed E-state index contributed by atoms with van der Waals surface area (Å²) in [6.45, 7) is 2.12. The minimum absolute atomic E-state index is 0.179. The SMILES string of the molecule is O=[N+]([O-])c1ccc([C@]23CNC[C@@H]2C3)cc1. The van der Waals surface area contributed by atoms with Gasteiger partial charge in [-0.2, -0.15) is 0 Å². The number of hydrogen-bond donors (Lipinski definition) is 1. The van der Waals surface area contributed by atoms with Crippen molar-refractivity contribution >= 4 is 5.69 Å². The predicted molar refractivity (Wildman–Crippen MR) is 55.8 cm³/mol. The summed E-state index contributed by atoms with van der Waals surface area (Å²) in [6.07, 6.45) is 1.23. The van der Waals surface area contributed by atoms with Crippen LogP contribution in [0.3, 0.4) is 0 Å². The molecule has 1 aromatic rings. The van der Waals surface area contributed by atoms with E-state index in [-0.39, 0.29) is 10.6 Å². The molecule has 0 amide bonds. The average Bonchev–Trinajstić information content (AvgIpc) is 2.82. The first-order chi connectivity index (χ1) is 7.22. The minimum Gasteiger partial charge on any atom is -0.316 e. The normalized spacial score (nSPS) is 32.4. The van der Waals surface area contributed by atoms with Crippen LogP contribution in [0.2, 0.25) is 0 Å². The van der Waals surface area contributed by atoms with Gasteiger partial charge in [-0.25, -0.2) is 0 Å². The average molecular weight is 204 g/mol. The maximum Gasteiger partial charge on any atom is 0.269 e. The van der Waals surface area contributed by atoms with Crippen LogP contribution in [0.4, 0.5) is 5.69 Å². The topological polar surface area (TPSA) is 55.2 Å². The number of fused-ring (bicyclic) bond motifs is 1. The second-order valence-corrected chi connectivity index (χ2v) is 4.49. The Morgan fingerprint density at radius 3 is 2.60 bits per heavy atom. The highest BCUT2D eigenvalue weighted by Gasteiger charge is 2.57. The van der Waals surface area contributed by atoms with Crippen LogP contribution in [0.1, 0.15) is 12.0 Å². The number of benzene rings is 1. The third-order valence-corrected chi connectivity index (χ3v) is 3.72. The van der Waals surface area contributed by atoms with Crippen LogP contribution in [0.25, 0.3) is 0 Å². The molecule has 0 bridgehead atoms. The number of non-ortho nitro benzene ring substituents is 1. The van der Waals surface area contributed by atoms with Gasteiger partial charge in [-0.3, -0.25) is 10.1 Å². The molecule has 2 aliphatic rings. The molecule has 3 rings (SSSR count). The molecule has 1 N–H and O–H groups in total. The van der Waals surface area contributed by atoms with Gasteiger partial charge in [0.1, 0.15) is 0 Å². The third kappa shape index (κ3) is 1.18. The van der Waals surface area contributed by atoms with Crippen molar-refractivity contribution < 1.29 is 4.92 Å². The highest BCUT2D eigenvalue weighted by Crippen LogP contribution is 2.56. The van der Waals surface area contributed by atoms with E-state index in [0.717, 1.165) is 19.0 Å². The molecular weight excluding hydrogens is 192 g/mol. The van der Waals surface area contributed by atoms with Crippen LogP contribution in [-0.4, -0.2) is 18.0 Å². The van der Waals surface area contributed by atoms with Crippen LogP contribution in [-0.2, 0) is 5.41 Å². The summed E-state index contributed by atoms with van der Waals surface area (Å²) < 4.78 is 0. The number of nitro groups is 1. The molecule has 1 saturated carbocycles. The molecule has 1 aliphatic carbocycles. The van der Waals surface area contributed by atoms with Crippen molar-refractivity contribution in [1.29, 1.82) is 0 Å². The van der Waals surface area contributed by atoms with Crippen molar-refractivity contribution in [3.63, 3.8) is 0 Å². The Kier molecular flexibility index (Phi) is 1.65. The van der Waals surface area contributed by atoms with Crippen LogP contribution in [0, 0.1) is 16.0 Å². The summed E-state index contributed by atoms with van der Waals surface area (Å²) in [5.74, 6) is 0.749. The fraction of sp³-hybridized carbons (Fsp3) is 0.455. The van der Waals surface area contributed by atoms with Gasteiger partial charge in [-0.05, 0) is 24.4 Å². The Hall–Kier alpha value is -1.42. The lowest BCUT2D eigenvalue weighted by atomic mass is 9.95. The molecule has 4 nitrogen and oxygen atoms in total. The number of nitrogens with one attached hydrogen (secondary N) is 1. The van der Waals surface area contributed by atoms with Crippen LogP contribution >= 0.6 is 0 Å². The first-order valence-electron chi connectivity index (χ1n) is 5.18. The van der Waals surface area contributed by atoms with E-state index in [1.54, 1.807) is 12.1 Å². The van der Waals surface area contributed by atoms with Crippen molar-refractivity contribution in [3.05, 3.63) is 39.9 Å². The van der Waals surface area contributed by atoms with Gasteiger partial charge in [0.2, 0.25) is 0 Å². The van der Waals surface area contributed by atoms with E-state index >= 15 is 0 Å². The number of nitrogens with zero attached hydrogens (tertiary/aromatic N) is 1. The second kappa shape index (κ2) is 2.79. The van der Waals surface area contributed by atoms with Crippen molar-refractivity contribution in [2.24, 2.45) is 5.92 Å². The van der Waals surface area contributed by atoms with Crippen LogP contribution < -0.4 is 5.32 Å². The molecule has 2 fully saturated rings. The van der Waals surface area contributed by atoms with E-state index < -0.39 is 0 Å². The molecule has 2 atom stereocenters. The van der Waals surface area contributed by atoms with Gasteiger partial charge in [0, 0.05) is 24.1 Å². The zero-order valence-electron chi connectivity index (χ0n) is 8.27. The molecule has 1 heterocycles. The van der Waals surface area contributed by atoms with Crippen LogP contribution in [0.5, 0.6) is 0 Å². The first-order valence-corrected chi connectivity index (χ1v) is 5.18. The van der Waals surface area contributed by atoms with Gasteiger partial charge < -0.3 is 5.32 Å². The Bertz CT molecular complexity index is 415. The lowest BCUT2D eigenvalue weighted by Crippen LogP contribution is -2.19. The van der Waals surface area contributed by atoms with Gasteiger partial charge in [-0.15, -0.1) is 0 Å². The number of nitro benzene ring substituents is 1. The van der Waals surface area contributed by atoms with E-state index in [2.05, 4.69) is 5.32 Å². The summed E-state index contributed by atoms with van der Waals surface area (Å²) in [5, 5.41) is 13.9. The molecule has 0 spiro atoms. The van der Waals surface area contributed by atoms with Gasteiger partial charge in [0.05, 0.1) is 4.92 Å². The summed E-state index contributed by atoms with van der Waals surface area (Å²) >= 11 is 0. The van der Waals surface area contributed by atoms with Gasteiger partial charge in [0.15, 0.2) is 0 Å². The second-order valence-electron chi connectivity index (χ2n) is 4.49. The quantitative estimate of drug-likeness (QED) is 0.586. The molecule has 1 saturated heterocycles. The van der Waals surface area contributed by atoms with Crippen molar-refractivity contribution in [1.82, 2.24) is 5.32 Å². The molecule has 0 radical (unpaired) electrons. The molecular formula is C11H12N2O2. The van der Waals surface area contributed by atoms with Gasteiger partial charge >= 0.3 is 0 Å². The fourth-order valence-electron chi connectivity index (χ4n) is 2.70. The molecule has 4 heteroatoms. The molecule has 1 aliphatic heterocycles. The molecule has 0 unspecified atom stereocenters. The van der Waals surface area contributed by atoms with Gasteiger partial charge in [0.25, 0.3) is 5.69 Å². The highest BCUT2D eigenvalue weighted by molar-refractivity contribution is 5.42. The lowest BCUT2D eigenvalue weighted by molar-refractivity contribution is -0.384. The monoisotopic (exact) mass is 204 g/mol. The molecule has 15 heavy (non-hydrogen) atoms. The Morgan fingerprint density at radius 1 is 1.40 bits per heavy atom. The smallest absolute Gasteiger partial charge is 0.269 e. The molecule has 1 aromatic carbocycles. The number of rotatable bonds is 2. The van der Waals surface area contributed by atoms with E-state index in [1.807, 2.05) is 12.1 Å². The van der Waals surface area contributed by atoms with E-state index in [1.165, 1.54) is 12.0 Å². The van der Waals surface area contributed by atoms with Gasteiger partial charge in [-0.1, -0.05) is 12.1 Å². The predicted octanol–water partition coefficient (Wildman–Crippen LogP) is 1.46. The third-order valence-electron chi connectivity index (χ3n) is 3.72.